The van der Waals surface area contributed by atoms with Gasteiger partial charge in [0.15, 0.2) is 0 Å². The van der Waals surface area contributed by atoms with Crippen molar-refractivity contribution in [2.75, 3.05) is 0 Å². The molecule has 0 aliphatic rings. The van der Waals surface area contributed by atoms with Gasteiger partial charge in [-0.15, -0.1) is 0 Å². The number of rotatable bonds is 10. The Balaban J connectivity index is 2.10. The van der Waals surface area contributed by atoms with Gasteiger partial charge in [0.25, 0.3) is 10.1 Å². The molecular formula is C20H26O5S. The number of aryl methyl sites for hydroxylation is 1. The number of hydrogen-bond acceptors (Lipinski definition) is 4. The third-order valence-corrected chi connectivity index (χ3v) is 4.96. The van der Waals surface area contributed by atoms with Crippen molar-refractivity contribution in [1.29, 1.82) is 0 Å². The first-order valence-electron chi connectivity index (χ1n) is 8.97. The van der Waals surface area contributed by atoms with E-state index in [2.05, 4.69) is 6.92 Å². The molecule has 0 aliphatic heterocycles. The molecule has 0 heterocycles. The number of phenols is 1. The zero-order valence-corrected chi connectivity index (χ0v) is 15.8. The number of unbranched alkanes of at least 4 members (excludes halogenated alkanes) is 5. The van der Waals surface area contributed by atoms with E-state index in [0.717, 1.165) is 24.8 Å². The number of aromatic hydroxyl groups is 1. The number of ether oxygens (including phenoxy) is 1. The lowest BCUT2D eigenvalue weighted by Crippen LogP contribution is -2.00. The predicted octanol–water partition coefficient (Wildman–Crippen LogP) is 5.33. The lowest BCUT2D eigenvalue weighted by molar-refractivity contribution is 0.461. The van der Waals surface area contributed by atoms with Crippen LogP contribution in [0.1, 0.15) is 51.0 Å². The highest BCUT2D eigenvalue weighted by Crippen LogP contribution is 2.28. The van der Waals surface area contributed by atoms with Crippen molar-refractivity contribution in [3.05, 3.63) is 48.0 Å². The summed E-state index contributed by atoms with van der Waals surface area (Å²) in [5.74, 6) is 0.931. The maximum atomic E-state index is 11.5. The zero-order chi connectivity index (χ0) is 19.0. The normalized spacial score (nSPS) is 11.5. The van der Waals surface area contributed by atoms with Gasteiger partial charge in [0.1, 0.15) is 17.2 Å². The molecule has 0 atom stereocenters. The van der Waals surface area contributed by atoms with Crippen LogP contribution in [0.4, 0.5) is 0 Å². The number of hydrogen-bond donors (Lipinski definition) is 2. The van der Waals surface area contributed by atoms with Crippen LogP contribution in [0.25, 0.3) is 0 Å². The van der Waals surface area contributed by atoms with Gasteiger partial charge >= 0.3 is 0 Å². The topological polar surface area (TPSA) is 83.8 Å². The monoisotopic (exact) mass is 378 g/mol. The smallest absolute Gasteiger partial charge is 0.294 e. The van der Waals surface area contributed by atoms with Crippen LogP contribution >= 0.6 is 0 Å². The van der Waals surface area contributed by atoms with Crippen LogP contribution in [0.15, 0.2) is 47.4 Å². The third kappa shape index (κ3) is 6.69. The summed E-state index contributed by atoms with van der Waals surface area (Å²) in [5.41, 5.74) is 0.810. The van der Waals surface area contributed by atoms with E-state index >= 15 is 0 Å². The molecule has 2 rings (SSSR count). The van der Waals surface area contributed by atoms with E-state index in [1.807, 2.05) is 0 Å². The molecular weight excluding hydrogens is 352 g/mol. The Morgan fingerprint density at radius 3 is 2.19 bits per heavy atom. The molecule has 0 radical (unpaired) electrons. The highest BCUT2D eigenvalue weighted by atomic mass is 32.2. The molecule has 0 unspecified atom stereocenters. The SMILES string of the molecule is CCCCCCCCc1cc(Oc2ccc(O)cc2)cc(S(=O)(=O)O)c1. The lowest BCUT2D eigenvalue weighted by atomic mass is 10.0. The van der Waals surface area contributed by atoms with Crippen molar-refractivity contribution in [3.63, 3.8) is 0 Å². The van der Waals surface area contributed by atoms with Crippen LogP contribution in [0.3, 0.4) is 0 Å². The van der Waals surface area contributed by atoms with Crippen LogP contribution in [0, 0.1) is 0 Å². The summed E-state index contributed by atoms with van der Waals surface area (Å²) in [5, 5.41) is 9.32. The minimum Gasteiger partial charge on any atom is -0.508 e. The predicted molar refractivity (Wildman–Crippen MR) is 102 cm³/mol. The molecule has 2 N–H and O–H groups in total. The third-order valence-electron chi connectivity index (χ3n) is 4.13. The van der Waals surface area contributed by atoms with Gasteiger partial charge in [-0.25, -0.2) is 0 Å². The number of benzene rings is 2. The zero-order valence-electron chi connectivity index (χ0n) is 15.0. The Labute approximate surface area is 155 Å². The van der Waals surface area contributed by atoms with E-state index in [9.17, 15) is 18.1 Å². The quantitative estimate of drug-likeness (QED) is 0.431. The van der Waals surface area contributed by atoms with Crippen LogP contribution in [-0.4, -0.2) is 18.1 Å². The molecule has 142 valence electrons. The molecule has 0 bridgehead atoms. The molecule has 0 spiro atoms. The van der Waals surface area contributed by atoms with Crippen LogP contribution in [-0.2, 0) is 16.5 Å². The minimum absolute atomic E-state index is 0.118. The summed E-state index contributed by atoms with van der Waals surface area (Å²) in [7, 11) is -4.31. The van der Waals surface area contributed by atoms with Gasteiger partial charge < -0.3 is 9.84 Å². The van der Waals surface area contributed by atoms with Crippen molar-refractivity contribution in [1.82, 2.24) is 0 Å². The van der Waals surface area contributed by atoms with Crippen LogP contribution in [0.2, 0.25) is 0 Å². The molecule has 0 aliphatic carbocycles. The van der Waals surface area contributed by atoms with Crippen molar-refractivity contribution in [2.45, 2.75) is 56.8 Å². The minimum atomic E-state index is -4.31. The maximum Gasteiger partial charge on any atom is 0.294 e. The number of phenolic OH excluding ortho intramolecular Hbond substituents is 1. The Hall–Kier alpha value is -2.05. The molecule has 0 fully saturated rings. The first-order valence-corrected chi connectivity index (χ1v) is 10.4. The first-order chi connectivity index (χ1) is 12.4. The Morgan fingerprint density at radius 2 is 1.54 bits per heavy atom. The molecule has 26 heavy (non-hydrogen) atoms. The van der Waals surface area contributed by atoms with Gasteiger partial charge in [0.2, 0.25) is 0 Å². The van der Waals surface area contributed by atoms with Crippen molar-refractivity contribution in [3.8, 4) is 17.2 Å². The second kappa shape index (κ2) is 9.59. The second-order valence-corrected chi connectivity index (χ2v) is 7.82. The van der Waals surface area contributed by atoms with E-state index in [-0.39, 0.29) is 10.6 Å². The highest BCUT2D eigenvalue weighted by Gasteiger charge is 2.13. The van der Waals surface area contributed by atoms with Gasteiger partial charge in [-0.2, -0.15) is 8.42 Å². The molecule has 0 amide bonds. The molecule has 0 saturated heterocycles. The fourth-order valence-electron chi connectivity index (χ4n) is 2.74. The Kier molecular flexibility index (Phi) is 7.48. The highest BCUT2D eigenvalue weighted by molar-refractivity contribution is 7.85. The fourth-order valence-corrected chi connectivity index (χ4v) is 3.31. The van der Waals surface area contributed by atoms with Crippen molar-refractivity contribution in [2.24, 2.45) is 0 Å². The van der Waals surface area contributed by atoms with E-state index < -0.39 is 10.1 Å². The first kappa shape index (κ1) is 20.3. The molecule has 0 aromatic heterocycles. The summed E-state index contributed by atoms with van der Waals surface area (Å²) in [6.45, 7) is 2.18. The summed E-state index contributed by atoms with van der Waals surface area (Å²) in [4.78, 5) is -0.172. The summed E-state index contributed by atoms with van der Waals surface area (Å²) in [6.07, 6.45) is 7.60. The van der Waals surface area contributed by atoms with Crippen molar-refractivity contribution < 1.29 is 22.8 Å². The molecule has 6 heteroatoms. The van der Waals surface area contributed by atoms with Gasteiger partial charge in [0, 0.05) is 6.07 Å². The fraction of sp³-hybridized carbons (Fsp3) is 0.400. The lowest BCUT2D eigenvalue weighted by Gasteiger charge is -2.10. The van der Waals surface area contributed by atoms with E-state index in [1.54, 1.807) is 18.2 Å². The van der Waals surface area contributed by atoms with Crippen LogP contribution < -0.4 is 4.74 Å². The average molecular weight is 378 g/mol. The molecule has 2 aromatic rings. The Morgan fingerprint density at radius 1 is 0.885 bits per heavy atom. The second-order valence-electron chi connectivity index (χ2n) is 6.40. The van der Waals surface area contributed by atoms with Gasteiger partial charge in [-0.05, 0) is 54.8 Å². The van der Waals surface area contributed by atoms with Gasteiger partial charge in [-0.3, -0.25) is 4.55 Å². The summed E-state index contributed by atoms with van der Waals surface area (Å²) >= 11 is 0. The average Bonchev–Trinajstić information content (AvgIpc) is 2.59. The molecule has 2 aromatic carbocycles. The standard InChI is InChI=1S/C20H26O5S/c1-2-3-4-5-6-7-8-16-13-19(15-20(14-16)26(22,23)24)25-18-11-9-17(21)10-12-18/h9-15,21H,2-8H2,1H3,(H,22,23,24). The molecule has 0 saturated carbocycles. The Bertz CT molecular complexity index is 797. The molecule has 5 nitrogen and oxygen atoms in total. The van der Waals surface area contributed by atoms with Gasteiger partial charge in [0.05, 0.1) is 4.90 Å². The maximum absolute atomic E-state index is 11.5. The summed E-state index contributed by atoms with van der Waals surface area (Å²) < 4.78 is 38.2. The van der Waals surface area contributed by atoms with Gasteiger partial charge in [-0.1, -0.05) is 39.0 Å². The van der Waals surface area contributed by atoms with E-state index in [4.69, 9.17) is 4.74 Å². The summed E-state index contributed by atoms with van der Waals surface area (Å²) in [6, 6.07) is 10.7. The van der Waals surface area contributed by atoms with Crippen molar-refractivity contribution >= 4 is 10.1 Å². The van der Waals surface area contributed by atoms with E-state index in [1.165, 1.54) is 49.9 Å². The largest absolute Gasteiger partial charge is 0.508 e. The van der Waals surface area contributed by atoms with E-state index in [0.29, 0.717) is 11.5 Å². The van der Waals surface area contributed by atoms with Crippen LogP contribution in [0.5, 0.6) is 17.2 Å².